The number of carbonyl (C=O) groups is 1. The summed E-state index contributed by atoms with van der Waals surface area (Å²) >= 11 is 2.91. The molecule has 29 heavy (non-hydrogen) atoms. The van der Waals surface area contributed by atoms with Crippen LogP contribution < -0.4 is 5.32 Å². The van der Waals surface area contributed by atoms with Crippen molar-refractivity contribution in [1.82, 2.24) is 24.5 Å². The van der Waals surface area contributed by atoms with Crippen LogP contribution in [0.25, 0.3) is 0 Å². The highest BCUT2D eigenvalue weighted by molar-refractivity contribution is 9.10. The van der Waals surface area contributed by atoms with E-state index in [0.29, 0.717) is 12.2 Å². The molecule has 0 fully saturated rings. The number of amides is 1. The molecule has 0 bridgehead atoms. The van der Waals surface area contributed by atoms with Crippen molar-refractivity contribution < 1.29 is 18.0 Å². The fourth-order valence-electron chi connectivity index (χ4n) is 2.71. The van der Waals surface area contributed by atoms with Crippen LogP contribution in [-0.4, -0.2) is 30.5 Å². The lowest BCUT2D eigenvalue weighted by Crippen LogP contribution is -2.17. The molecule has 11 heteroatoms. The smallest absolute Gasteiger partial charge is 0.293 e. The summed E-state index contributed by atoms with van der Waals surface area (Å²) in [6.45, 7) is 4.00. The lowest BCUT2D eigenvalue weighted by atomic mass is 10.1. The standard InChI is InChI=1S/C18H18BrF3N6O/c1-11-5-3-4-6-13(11)9-27-10-23-17(26-27)24-14(29)7-8-28-12(2)15(19)16(25-28)18(20,21)22/h3-6,10H,7-9H2,1-2H3,(H,24,26,29). The molecule has 3 aromatic rings. The number of anilines is 1. The first kappa shape index (κ1) is 21.0. The number of nitrogens with one attached hydrogen (secondary N) is 1. The first-order chi connectivity index (χ1) is 13.6. The van der Waals surface area contributed by atoms with Crippen LogP contribution in [0.3, 0.4) is 0 Å². The monoisotopic (exact) mass is 470 g/mol. The quantitative estimate of drug-likeness (QED) is 0.591. The first-order valence-corrected chi connectivity index (χ1v) is 9.48. The predicted molar refractivity (Wildman–Crippen MR) is 103 cm³/mol. The van der Waals surface area contributed by atoms with Gasteiger partial charge in [-0.2, -0.15) is 18.3 Å². The highest BCUT2D eigenvalue weighted by Gasteiger charge is 2.37. The fraction of sp³-hybridized carbons (Fsp3) is 0.333. The van der Waals surface area contributed by atoms with Crippen molar-refractivity contribution in [2.24, 2.45) is 0 Å². The first-order valence-electron chi connectivity index (χ1n) is 8.69. The maximum atomic E-state index is 12.9. The van der Waals surface area contributed by atoms with E-state index < -0.39 is 17.8 Å². The molecular formula is C18H18BrF3N6O. The molecule has 2 heterocycles. The second kappa shape index (κ2) is 8.36. The molecule has 0 radical (unpaired) electrons. The Kier molecular flexibility index (Phi) is 6.06. The zero-order valence-corrected chi connectivity index (χ0v) is 17.3. The number of halogens is 4. The average Bonchev–Trinajstić information content (AvgIpc) is 3.20. The molecule has 7 nitrogen and oxygen atoms in total. The van der Waals surface area contributed by atoms with E-state index in [1.165, 1.54) is 13.3 Å². The summed E-state index contributed by atoms with van der Waals surface area (Å²) < 4.78 is 41.3. The molecule has 0 saturated heterocycles. The minimum atomic E-state index is -4.56. The Hall–Kier alpha value is -2.69. The van der Waals surface area contributed by atoms with E-state index in [4.69, 9.17) is 0 Å². The van der Waals surface area contributed by atoms with Crippen molar-refractivity contribution in [3.63, 3.8) is 0 Å². The Morgan fingerprint density at radius 2 is 1.93 bits per heavy atom. The Labute approximate surface area is 173 Å². The number of hydrogen-bond donors (Lipinski definition) is 1. The Bertz CT molecular complexity index is 1030. The van der Waals surface area contributed by atoms with Crippen molar-refractivity contribution in [2.45, 2.75) is 39.5 Å². The van der Waals surface area contributed by atoms with Gasteiger partial charge in [0.25, 0.3) is 0 Å². The Morgan fingerprint density at radius 1 is 1.21 bits per heavy atom. The summed E-state index contributed by atoms with van der Waals surface area (Å²) in [5.74, 6) is -0.281. The van der Waals surface area contributed by atoms with E-state index in [0.717, 1.165) is 15.8 Å². The number of carbonyl (C=O) groups excluding carboxylic acids is 1. The number of benzene rings is 1. The normalized spacial score (nSPS) is 11.7. The maximum absolute atomic E-state index is 12.9. The Morgan fingerprint density at radius 3 is 2.59 bits per heavy atom. The third-order valence-electron chi connectivity index (χ3n) is 4.33. The number of aromatic nitrogens is 5. The van der Waals surface area contributed by atoms with Crippen molar-refractivity contribution in [2.75, 3.05) is 5.32 Å². The van der Waals surface area contributed by atoms with Crippen LogP contribution in [-0.2, 0) is 24.1 Å². The number of rotatable bonds is 6. The van der Waals surface area contributed by atoms with Crippen LogP contribution in [0.2, 0.25) is 0 Å². The Balaban J connectivity index is 1.58. The lowest BCUT2D eigenvalue weighted by molar-refractivity contribution is -0.142. The number of nitrogens with zero attached hydrogens (tertiary/aromatic N) is 5. The highest BCUT2D eigenvalue weighted by Crippen LogP contribution is 2.35. The molecule has 154 valence electrons. The zero-order valence-electron chi connectivity index (χ0n) is 15.7. The second-order valence-corrected chi connectivity index (χ2v) is 7.25. The van der Waals surface area contributed by atoms with Crippen molar-refractivity contribution in [3.8, 4) is 0 Å². The van der Waals surface area contributed by atoms with Crippen LogP contribution in [0.4, 0.5) is 19.1 Å². The van der Waals surface area contributed by atoms with E-state index in [2.05, 4.69) is 36.4 Å². The molecule has 0 aliphatic carbocycles. The molecule has 0 atom stereocenters. The summed E-state index contributed by atoms with van der Waals surface area (Å²) in [5, 5.41) is 10.3. The van der Waals surface area contributed by atoms with Gasteiger partial charge in [-0.1, -0.05) is 24.3 Å². The predicted octanol–water partition coefficient (Wildman–Crippen LogP) is 3.95. The van der Waals surface area contributed by atoms with Gasteiger partial charge < -0.3 is 0 Å². The molecule has 0 saturated carbocycles. The second-order valence-electron chi connectivity index (χ2n) is 6.46. The summed E-state index contributed by atoms with van der Waals surface area (Å²) in [5.41, 5.74) is 1.49. The SMILES string of the molecule is Cc1ccccc1Cn1cnc(NC(=O)CCn2nc(C(F)(F)F)c(Br)c2C)n1. The summed E-state index contributed by atoms with van der Waals surface area (Å²) in [6, 6.07) is 7.86. The maximum Gasteiger partial charge on any atom is 0.436 e. The van der Waals surface area contributed by atoms with Crippen LogP contribution in [0, 0.1) is 13.8 Å². The molecule has 0 spiro atoms. The fourth-order valence-corrected chi connectivity index (χ4v) is 3.22. The van der Waals surface area contributed by atoms with Crippen LogP contribution in [0.1, 0.15) is 28.9 Å². The van der Waals surface area contributed by atoms with E-state index in [1.807, 2.05) is 31.2 Å². The third-order valence-corrected chi connectivity index (χ3v) is 5.28. The van der Waals surface area contributed by atoms with Crippen molar-refractivity contribution in [1.29, 1.82) is 0 Å². The minimum absolute atomic E-state index is 0.00371. The molecule has 0 unspecified atom stereocenters. The number of hydrogen-bond acceptors (Lipinski definition) is 4. The van der Waals surface area contributed by atoms with Gasteiger partial charge in [-0.15, -0.1) is 5.10 Å². The summed E-state index contributed by atoms with van der Waals surface area (Å²) in [7, 11) is 0. The van der Waals surface area contributed by atoms with Gasteiger partial charge in [-0.25, -0.2) is 9.67 Å². The van der Waals surface area contributed by atoms with Crippen molar-refractivity contribution in [3.05, 3.63) is 57.6 Å². The van der Waals surface area contributed by atoms with Gasteiger partial charge >= 0.3 is 6.18 Å². The molecule has 0 aliphatic rings. The molecule has 1 amide bonds. The molecule has 0 aliphatic heterocycles. The lowest BCUT2D eigenvalue weighted by Gasteiger charge is -2.05. The molecule has 1 aromatic carbocycles. The third kappa shape index (κ3) is 5.03. The molecular weight excluding hydrogens is 453 g/mol. The van der Waals surface area contributed by atoms with Crippen LogP contribution in [0.5, 0.6) is 0 Å². The molecule has 1 N–H and O–H groups in total. The van der Waals surface area contributed by atoms with Gasteiger partial charge in [-0.3, -0.25) is 14.8 Å². The summed E-state index contributed by atoms with van der Waals surface area (Å²) in [4.78, 5) is 16.2. The van der Waals surface area contributed by atoms with Gasteiger partial charge in [-0.05, 0) is 40.9 Å². The highest BCUT2D eigenvalue weighted by atomic mass is 79.9. The van der Waals surface area contributed by atoms with Gasteiger partial charge in [0, 0.05) is 6.42 Å². The van der Waals surface area contributed by atoms with E-state index in [-0.39, 0.29) is 23.4 Å². The average molecular weight is 471 g/mol. The van der Waals surface area contributed by atoms with Gasteiger partial charge in [0.2, 0.25) is 11.9 Å². The van der Waals surface area contributed by atoms with E-state index in [9.17, 15) is 18.0 Å². The zero-order chi connectivity index (χ0) is 21.2. The van der Waals surface area contributed by atoms with Crippen LogP contribution >= 0.6 is 15.9 Å². The van der Waals surface area contributed by atoms with Gasteiger partial charge in [0.05, 0.1) is 23.3 Å². The van der Waals surface area contributed by atoms with Crippen LogP contribution in [0.15, 0.2) is 35.1 Å². The number of alkyl halides is 3. The van der Waals surface area contributed by atoms with E-state index >= 15 is 0 Å². The van der Waals surface area contributed by atoms with E-state index in [1.54, 1.807) is 4.68 Å². The molecule has 2 aromatic heterocycles. The summed E-state index contributed by atoms with van der Waals surface area (Å²) in [6.07, 6.45) is -3.13. The number of aryl methyl sites for hydroxylation is 2. The van der Waals surface area contributed by atoms with Gasteiger partial charge in [0.1, 0.15) is 6.33 Å². The molecule has 3 rings (SSSR count). The van der Waals surface area contributed by atoms with Crippen molar-refractivity contribution >= 4 is 27.8 Å². The van der Waals surface area contributed by atoms with Gasteiger partial charge in [0.15, 0.2) is 5.69 Å². The minimum Gasteiger partial charge on any atom is -0.293 e. The topological polar surface area (TPSA) is 77.6 Å². The largest absolute Gasteiger partial charge is 0.436 e.